The number of nitrogens with one attached hydrogen (secondary N) is 1. The van der Waals surface area contributed by atoms with Crippen molar-refractivity contribution in [3.05, 3.63) is 0 Å². The first-order valence-corrected chi connectivity index (χ1v) is 18.2. The van der Waals surface area contributed by atoms with Crippen molar-refractivity contribution >= 4 is 11.8 Å². The molecule has 238 valence electrons. The van der Waals surface area contributed by atoms with E-state index in [1.54, 1.807) is 0 Å². The maximum absolute atomic E-state index is 12.2. The fourth-order valence-electron chi connectivity index (χ4n) is 5.79. The Morgan fingerprint density at radius 2 is 0.800 bits per heavy atom. The highest BCUT2D eigenvalue weighted by Gasteiger charge is 2.15. The summed E-state index contributed by atoms with van der Waals surface area (Å²) in [5.74, 6) is -0.183. The van der Waals surface area contributed by atoms with E-state index in [9.17, 15) is 9.59 Å². The van der Waals surface area contributed by atoms with Crippen LogP contribution in [0.2, 0.25) is 0 Å². The van der Waals surface area contributed by atoms with Crippen LogP contribution in [0.3, 0.4) is 0 Å². The molecule has 3 N–H and O–H groups in total. The van der Waals surface area contributed by atoms with Crippen LogP contribution >= 0.6 is 0 Å². The molecule has 0 heterocycles. The molecule has 1 unspecified atom stereocenters. The first-order chi connectivity index (χ1) is 19.6. The van der Waals surface area contributed by atoms with E-state index < -0.39 is 0 Å². The summed E-state index contributed by atoms with van der Waals surface area (Å²) in [7, 11) is 0. The zero-order valence-electron chi connectivity index (χ0n) is 27.4. The largest absolute Gasteiger partial charge is 0.369 e. The summed E-state index contributed by atoms with van der Waals surface area (Å²) in [6.45, 7) is 5.12. The van der Waals surface area contributed by atoms with Gasteiger partial charge in [0.1, 0.15) is 0 Å². The van der Waals surface area contributed by atoms with Gasteiger partial charge in [-0.15, -0.1) is 0 Å². The summed E-state index contributed by atoms with van der Waals surface area (Å²) >= 11 is 0. The van der Waals surface area contributed by atoms with Crippen molar-refractivity contribution in [1.82, 2.24) is 5.32 Å². The fraction of sp³-hybridized carbons (Fsp3) is 0.944. The lowest BCUT2D eigenvalue weighted by atomic mass is 9.96. The minimum absolute atomic E-state index is 0.103. The normalized spacial score (nSPS) is 12.1. The van der Waals surface area contributed by atoms with E-state index >= 15 is 0 Å². The average Bonchev–Trinajstić information content (AvgIpc) is 2.94. The zero-order chi connectivity index (χ0) is 29.4. The third kappa shape index (κ3) is 29.9. The van der Waals surface area contributed by atoms with Gasteiger partial charge >= 0.3 is 0 Å². The van der Waals surface area contributed by atoms with Gasteiger partial charge in [0.2, 0.25) is 11.8 Å². The Morgan fingerprint density at radius 1 is 0.475 bits per heavy atom. The summed E-state index contributed by atoms with van der Waals surface area (Å²) < 4.78 is 0. The molecule has 0 aliphatic rings. The van der Waals surface area contributed by atoms with Gasteiger partial charge < -0.3 is 11.1 Å². The molecule has 0 rings (SSSR count). The van der Waals surface area contributed by atoms with E-state index in [-0.39, 0.29) is 17.7 Å². The second-order valence-corrected chi connectivity index (χ2v) is 12.6. The average molecular weight is 565 g/mol. The molecule has 0 spiro atoms. The maximum Gasteiger partial charge on any atom is 0.220 e. The standard InChI is InChI=1S/C36H72N2O2/c1-3-5-7-9-11-13-15-17-18-19-21-23-25-27-29-31-35(39)38-33-32-34(36(37)40)30-28-26-24-22-20-16-14-12-10-8-6-4-2/h34H,3-33H2,1-2H3,(H2,37,40)(H,38,39). The van der Waals surface area contributed by atoms with E-state index in [4.69, 9.17) is 5.73 Å². The molecule has 1 atom stereocenters. The molecule has 0 radical (unpaired) electrons. The molecular formula is C36H72N2O2. The van der Waals surface area contributed by atoms with Gasteiger partial charge in [0, 0.05) is 18.9 Å². The lowest BCUT2D eigenvalue weighted by Gasteiger charge is -2.14. The van der Waals surface area contributed by atoms with Crippen molar-refractivity contribution in [2.75, 3.05) is 6.54 Å². The Kier molecular flexibility index (Phi) is 31.6. The molecule has 0 fully saturated rings. The quantitative estimate of drug-likeness (QED) is 0.0778. The summed E-state index contributed by atoms with van der Waals surface area (Å²) in [5, 5.41) is 3.02. The van der Waals surface area contributed by atoms with Gasteiger partial charge in [-0.2, -0.15) is 0 Å². The van der Waals surface area contributed by atoms with E-state index in [0.717, 1.165) is 25.7 Å². The van der Waals surface area contributed by atoms with Crippen molar-refractivity contribution in [3.8, 4) is 0 Å². The maximum atomic E-state index is 12.2. The van der Waals surface area contributed by atoms with Crippen LogP contribution in [0.4, 0.5) is 0 Å². The van der Waals surface area contributed by atoms with Gasteiger partial charge in [-0.05, 0) is 19.3 Å². The van der Waals surface area contributed by atoms with Crippen LogP contribution in [0.5, 0.6) is 0 Å². The van der Waals surface area contributed by atoms with E-state index in [1.807, 2.05) is 0 Å². The third-order valence-corrected chi connectivity index (χ3v) is 8.63. The fourth-order valence-corrected chi connectivity index (χ4v) is 5.79. The molecule has 2 amide bonds. The number of carbonyl (C=O) groups excluding carboxylic acids is 2. The molecule has 0 aromatic rings. The second kappa shape index (κ2) is 32.5. The summed E-state index contributed by atoms with van der Waals surface area (Å²) in [6, 6.07) is 0. The molecule has 0 saturated carbocycles. The van der Waals surface area contributed by atoms with Crippen molar-refractivity contribution in [2.45, 2.75) is 206 Å². The highest BCUT2D eigenvalue weighted by atomic mass is 16.2. The van der Waals surface area contributed by atoms with Gasteiger partial charge in [0.05, 0.1) is 0 Å². The molecule has 40 heavy (non-hydrogen) atoms. The minimum Gasteiger partial charge on any atom is -0.369 e. The molecule has 0 aliphatic heterocycles. The van der Waals surface area contributed by atoms with Crippen molar-refractivity contribution in [3.63, 3.8) is 0 Å². The van der Waals surface area contributed by atoms with Crippen LogP contribution in [-0.4, -0.2) is 18.4 Å². The smallest absolute Gasteiger partial charge is 0.220 e. The van der Waals surface area contributed by atoms with Crippen LogP contribution in [0.15, 0.2) is 0 Å². The van der Waals surface area contributed by atoms with Crippen LogP contribution in [0.1, 0.15) is 206 Å². The molecule has 0 aromatic carbocycles. The second-order valence-electron chi connectivity index (χ2n) is 12.6. The van der Waals surface area contributed by atoms with E-state index in [2.05, 4.69) is 19.2 Å². The number of hydrogen-bond acceptors (Lipinski definition) is 2. The Balaban J connectivity index is 3.50. The summed E-state index contributed by atoms with van der Waals surface area (Å²) in [6.07, 6.45) is 38.0. The Morgan fingerprint density at radius 3 is 1.15 bits per heavy atom. The lowest BCUT2D eigenvalue weighted by Crippen LogP contribution is -2.30. The number of nitrogens with two attached hydrogens (primary N) is 1. The SMILES string of the molecule is CCCCCCCCCCCCCCCCCC(=O)NCCC(CCCCCCCCCCCCCC)C(N)=O. The number of hydrogen-bond donors (Lipinski definition) is 2. The van der Waals surface area contributed by atoms with Crippen molar-refractivity contribution in [1.29, 1.82) is 0 Å². The van der Waals surface area contributed by atoms with Gasteiger partial charge in [-0.3, -0.25) is 9.59 Å². The van der Waals surface area contributed by atoms with Crippen LogP contribution in [-0.2, 0) is 9.59 Å². The molecule has 0 saturated heterocycles. The molecule has 0 aromatic heterocycles. The number of carbonyl (C=O) groups is 2. The van der Waals surface area contributed by atoms with Gasteiger partial charge in [-0.1, -0.05) is 181 Å². The summed E-state index contributed by atoms with van der Waals surface area (Å²) in [4.78, 5) is 24.0. The monoisotopic (exact) mass is 565 g/mol. The lowest BCUT2D eigenvalue weighted by molar-refractivity contribution is -0.123. The zero-order valence-corrected chi connectivity index (χ0v) is 27.4. The van der Waals surface area contributed by atoms with Gasteiger partial charge in [-0.25, -0.2) is 0 Å². The van der Waals surface area contributed by atoms with Gasteiger partial charge in [0.25, 0.3) is 0 Å². The van der Waals surface area contributed by atoms with Crippen LogP contribution in [0.25, 0.3) is 0 Å². The van der Waals surface area contributed by atoms with Crippen LogP contribution < -0.4 is 11.1 Å². The first-order valence-electron chi connectivity index (χ1n) is 18.2. The Bertz CT molecular complexity index is 537. The van der Waals surface area contributed by atoms with Crippen molar-refractivity contribution in [2.24, 2.45) is 11.7 Å². The topological polar surface area (TPSA) is 72.2 Å². The molecule has 0 bridgehead atoms. The minimum atomic E-state index is -0.209. The van der Waals surface area contributed by atoms with Crippen molar-refractivity contribution < 1.29 is 9.59 Å². The number of amides is 2. The molecule has 4 heteroatoms. The highest BCUT2D eigenvalue weighted by molar-refractivity contribution is 5.77. The Hall–Kier alpha value is -1.06. The predicted molar refractivity (Wildman–Crippen MR) is 176 cm³/mol. The first kappa shape index (κ1) is 38.9. The van der Waals surface area contributed by atoms with Gasteiger partial charge in [0.15, 0.2) is 0 Å². The number of primary amides is 1. The van der Waals surface area contributed by atoms with Crippen LogP contribution in [0, 0.1) is 5.92 Å². The summed E-state index contributed by atoms with van der Waals surface area (Å²) in [5.41, 5.74) is 5.64. The molecule has 4 nitrogen and oxygen atoms in total. The third-order valence-electron chi connectivity index (χ3n) is 8.63. The number of unbranched alkanes of at least 4 members (excludes halogenated alkanes) is 25. The molecular weight excluding hydrogens is 492 g/mol. The molecule has 0 aliphatic carbocycles. The van der Waals surface area contributed by atoms with E-state index in [1.165, 1.54) is 154 Å². The highest BCUT2D eigenvalue weighted by Crippen LogP contribution is 2.17. The number of rotatable bonds is 33. The van der Waals surface area contributed by atoms with E-state index in [0.29, 0.717) is 19.4 Å². The predicted octanol–water partition coefficient (Wildman–Crippen LogP) is 10.9. The Labute approximate surface area is 251 Å².